The molecule has 0 radical (unpaired) electrons. The highest BCUT2D eigenvalue weighted by atomic mass is 32.2. The molecule has 2 aromatic rings. The molecule has 3 aliphatic heterocycles. The fourth-order valence-corrected chi connectivity index (χ4v) is 4.85. The summed E-state index contributed by atoms with van der Waals surface area (Å²) in [6, 6.07) is 7.07. The van der Waals surface area contributed by atoms with Crippen molar-refractivity contribution in [3.05, 3.63) is 40.6 Å². The molecule has 5 rings (SSSR count). The van der Waals surface area contributed by atoms with Gasteiger partial charge in [-0.15, -0.1) is 0 Å². The topological polar surface area (TPSA) is 55.2 Å². The Morgan fingerprint density at radius 1 is 1.31 bits per heavy atom. The minimum Gasteiger partial charge on any atom is -0.493 e. The Morgan fingerprint density at radius 3 is 2.96 bits per heavy atom. The van der Waals surface area contributed by atoms with Gasteiger partial charge in [0.05, 0.1) is 19.2 Å². The second-order valence-electron chi connectivity index (χ2n) is 7.34. The summed E-state index contributed by atoms with van der Waals surface area (Å²) in [6.45, 7) is 7.99. The quantitative estimate of drug-likeness (QED) is 0.839. The van der Waals surface area contributed by atoms with Crippen molar-refractivity contribution in [3.63, 3.8) is 0 Å². The average molecular weight is 369 g/mol. The molecule has 1 saturated heterocycles. The Balaban J connectivity index is 1.46. The van der Waals surface area contributed by atoms with E-state index in [0.717, 1.165) is 44.4 Å². The molecule has 0 spiro atoms. The van der Waals surface area contributed by atoms with E-state index in [1.807, 2.05) is 4.68 Å². The number of fused-ring (bicyclic) bond motifs is 2. The van der Waals surface area contributed by atoms with Gasteiger partial charge in [0.2, 0.25) is 5.95 Å². The minimum absolute atomic E-state index is 0.294. The van der Waals surface area contributed by atoms with E-state index < -0.39 is 0 Å². The molecule has 136 valence electrons. The van der Waals surface area contributed by atoms with Crippen LogP contribution in [0, 0.1) is 0 Å². The number of nitrogens with zero attached hydrogens (tertiary/aromatic N) is 4. The van der Waals surface area contributed by atoms with Crippen molar-refractivity contribution in [3.8, 4) is 5.75 Å². The van der Waals surface area contributed by atoms with E-state index in [0.29, 0.717) is 12.0 Å². The van der Waals surface area contributed by atoms with E-state index in [4.69, 9.17) is 4.74 Å². The first-order chi connectivity index (χ1) is 12.7. The molecule has 26 heavy (non-hydrogen) atoms. The van der Waals surface area contributed by atoms with Crippen molar-refractivity contribution in [2.24, 2.45) is 0 Å². The third-order valence-electron chi connectivity index (χ3n) is 5.30. The van der Waals surface area contributed by atoms with Gasteiger partial charge in [0.15, 0.2) is 0 Å². The average Bonchev–Trinajstić information content (AvgIpc) is 3.17. The van der Waals surface area contributed by atoms with Gasteiger partial charge in [-0.05, 0) is 43.0 Å². The molecule has 0 aliphatic carbocycles. The number of rotatable bonds is 3. The maximum Gasteiger partial charge on any atom is 0.234 e. The highest BCUT2D eigenvalue weighted by Crippen LogP contribution is 2.46. The third-order valence-corrected chi connectivity index (χ3v) is 6.48. The summed E-state index contributed by atoms with van der Waals surface area (Å²) in [5.41, 5.74) is 3.99. The molecule has 6 nitrogen and oxygen atoms in total. The van der Waals surface area contributed by atoms with E-state index in [1.54, 1.807) is 18.3 Å². The summed E-state index contributed by atoms with van der Waals surface area (Å²) in [5, 5.41) is 7.74. The van der Waals surface area contributed by atoms with Crippen LogP contribution in [0.15, 0.2) is 29.4 Å². The van der Waals surface area contributed by atoms with Crippen LogP contribution in [-0.2, 0) is 0 Å². The number of hydrogen-bond acceptors (Lipinski definition) is 6. The normalized spacial score (nSPS) is 19.9. The Kier molecular flexibility index (Phi) is 3.94. The summed E-state index contributed by atoms with van der Waals surface area (Å²) in [7, 11) is 0. The molecule has 3 aliphatic rings. The van der Waals surface area contributed by atoms with Gasteiger partial charge in [-0.1, -0.05) is 12.1 Å². The highest BCUT2D eigenvalue weighted by Gasteiger charge is 2.31. The van der Waals surface area contributed by atoms with Crippen LogP contribution < -0.4 is 14.4 Å². The number of benzene rings is 1. The van der Waals surface area contributed by atoms with Crippen LogP contribution >= 0.6 is 11.9 Å². The van der Waals surface area contributed by atoms with Gasteiger partial charge in [0, 0.05) is 35.9 Å². The molecule has 0 unspecified atom stereocenters. The van der Waals surface area contributed by atoms with Crippen molar-refractivity contribution in [1.82, 2.24) is 20.1 Å². The Morgan fingerprint density at radius 2 is 2.19 bits per heavy atom. The lowest BCUT2D eigenvalue weighted by Crippen LogP contribution is -2.39. The fourth-order valence-electron chi connectivity index (χ4n) is 3.72. The predicted molar refractivity (Wildman–Crippen MR) is 104 cm³/mol. The second kappa shape index (κ2) is 6.32. The maximum atomic E-state index is 6.11. The molecule has 1 aromatic carbocycles. The standard InChI is InChI=1S/C19H23N5OS/c1-12(2)24-19(21-11-22-24)23-10-16-15-4-3-13(14-8-20-9-14)7-17(15)25-6-5-18(16)26-23/h3-4,7,11-12,14,20H,5-6,8-10H2,1-2H3. The van der Waals surface area contributed by atoms with Crippen LogP contribution in [0.5, 0.6) is 5.75 Å². The molecular weight excluding hydrogens is 346 g/mol. The smallest absolute Gasteiger partial charge is 0.234 e. The number of ether oxygens (including phenoxy) is 1. The molecule has 7 heteroatoms. The zero-order chi connectivity index (χ0) is 17.7. The van der Waals surface area contributed by atoms with E-state index >= 15 is 0 Å². The maximum absolute atomic E-state index is 6.11. The van der Waals surface area contributed by atoms with E-state index in [-0.39, 0.29) is 0 Å². The summed E-state index contributed by atoms with van der Waals surface area (Å²) < 4.78 is 10.4. The van der Waals surface area contributed by atoms with Crippen LogP contribution in [0.3, 0.4) is 0 Å². The number of aromatic nitrogens is 3. The summed E-state index contributed by atoms with van der Waals surface area (Å²) >= 11 is 1.79. The van der Waals surface area contributed by atoms with E-state index in [9.17, 15) is 0 Å². The third kappa shape index (κ3) is 2.61. The molecule has 0 amide bonds. The van der Waals surface area contributed by atoms with Gasteiger partial charge in [-0.2, -0.15) is 10.1 Å². The number of anilines is 1. The van der Waals surface area contributed by atoms with Gasteiger partial charge in [0.25, 0.3) is 0 Å². The molecular formula is C19H23N5OS. The van der Waals surface area contributed by atoms with Crippen LogP contribution in [0.2, 0.25) is 0 Å². The number of nitrogens with one attached hydrogen (secondary N) is 1. The van der Waals surface area contributed by atoms with Crippen molar-refractivity contribution < 1.29 is 4.74 Å². The van der Waals surface area contributed by atoms with Crippen molar-refractivity contribution in [2.75, 3.05) is 30.5 Å². The first kappa shape index (κ1) is 16.2. The lowest BCUT2D eigenvalue weighted by molar-refractivity contribution is 0.324. The largest absolute Gasteiger partial charge is 0.493 e. The summed E-state index contributed by atoms with van der Waals surface area (Å²) in [4.78, 5) is 5.89. The van der Waals surface area contributed by atoms with E-state index in [1.165, 1.54) is 21.6 Å². The first-order valence-electron chi connectivity index (χ1n) is 9.25. The van der Waals surface area contributed by atoms with Gasteiger partial charge < -0.3 is 10.1 Å². The zero-order valence-corrected chi connectivity index (χ0v) is 15.9. The van der Waals surface area contributed by atoms with Gasteiger partial charge in [0.1, 0.15) is 12.1 Å². The summed E-state index contributed by atoms with van der Waals surface area (Å²) in [5.74, 6) is 2.59. The van der Waals surface area contributed by atoms with Crippen molar-refractivity contribution >= 4 is 23.5 Å². The molecule has 1 aromatic heterocycles. The van der Waals surface area contributed by atoms with Crippen molar-refractivity contribution in [2.45, 2.75) is 32.2 Å². The van der Waals surface area contributed by atoms with Gasteiger partial charge >= 0.3 is 0 Å². The second-order valence-corrected chi connectivity index (χ2v) is 8.45. The zero-order valence-electron chi connectivity index (χ0n) is 15.1. The Hall–Kier alpha value is -1.99. The van der Waals surface area contributed by atoms with Crippen LogP contribution in [-0.4, -0.2) is 41.0 Å². The molecule has 0 atom stereocenters. The molecule has 0 bridgehead atoms. The first-order valence-corrected chi connectivity index (χ1v) is 10.0. The molecule has 1 N–H and O–H groups in total. The monoisotopic (exact) mass is 369 g/mol. The van der Waals surface area contributed by atoms with Crippen LogP contribution in [0.1, 0.15) is 43.4 Å². The predicted octanol–water partition coefficient (Wildman–Crippen LogP) is 3.21. The Bertz CT molecular complexity index is 871. The lowest BCUT2D eigenvalue weighted by Gasteiger charge is -2.28. The van der Waals surface area contributed by atoms with Crippen molar-refractivity contribution in [1.29, 1.82) is 0 Å². The molecule has 1 fully saturated rings. The van der Waals surface area contributed by atoms with Gasteiger partial charge in [-0.25, -0.2) is 4.68 Å². The molecule has 0 saturated carbocycles. The molecule has 4 heterocycles. The van der Waals surface area contributed by atoms with Crippen LogP contribution in [0.4, 0.5) is 5.95 Å². The van der Waals surface area contributed by atoms with Crippen LogP contribution in [0.25, 0.3) is 5.57 Å². The minimum atomic E-state index is 0.294. The fraction of sp³-hybridized carbons (Fsp3) is 0.474. The van der Waals surface area contributed by atoms with E-state index in [2.05, 4.69) is 51.8 Å². The highest BCUT2D eigenvalue weighted by molar-refractivity contribution is 8.04. The lowest BCUT2D eigenvalue weighted by atomic mass is 9.91. The number of hydrogen-bond donors (Lipinski definition) is 1. The summed E-state index contributed by atoms with van der Waals surface area (Å²) in [6.07, 6.45) is 2.59. The van der Waals surface area contributed by atoms with Gasteiger partial charge in [-0.3, -0.25) is 4.31 Å². The Labute approximate surface area is 157 Å². The SMILES string of the molecule is CC(C)n1ncnc1N1CC2=C(CCOc3cc(C4CNC4)ccc32)S1.